The SMILES string of the molecule is Cc1cc(Cl)c(C(N)C2(C)CCCC2)cc1C. The number of benzene rings is 1. The smallest absolute Gasteiger partial charge is 0.0456 e. The van der Waals surface area contributed by atoms with Crippen LogP contribution in [0, 0.1) is 19.3 Å². The third kappa shape index (κ3) is 2.36. The molecule has 1 aromatic rings. The molecule has 1 atom stereocenters. The molecule has 0 heterocycles. The molecule has 0 radical (unpaired) electrons. The molecule has 0 amide bonds. The molecule has 1 saturated carbocycles. The minimum Gasteiger partial charge on any atom is -0.323 e. The fourth-order valence-electron chi connectivity index (χ4n) is 2.91. The summed E-state index contributed by atoms with van der Waals surface area (Å²) >= 11 is 6.36. The van der Waals surface area contributed by atoms with Gasteiger partial charge in [-0.3, -0.25) is 0 Å². The summed E-state index contributed by atoms with van der Waals surface area (Å²) in [4.78, 5) is 0. The molecule has 1 fully saturated rings. The lowest BCUT2D eigenvalue weighted by molar-refractivity contribution is 0.265. The van der Waals surface area contributed by atoms with E-state index in [1.54, 1.807) is 0 Å². The second-order valence-electron chi connectivity index (χ2n) is 5.80. The summed E-state index contributed by atoms with van der Waals surface area (Å²) in [6.07, 6.45) is 5.04. The van der Waals surface area contributed by atoms with E-state index in [1.807, 2.05) is 6.07 Å². The van der Waals surface area contributed by atoms with Crippen molar-refractivity contribution in [3.05, 3.63) is 33.8 Å². The van der Waals surface area contributed by atoms with E-state index in [0.717, 1.165) is 10.6 Å². The quantitative estimate of drug-likeness (QED) is 0.821. The third-order valence-corrected chi connectivity index (χ3v) is 4.77. The molecule has 0 saturated heterocycles. The predicted molar refractivity (Wildman–Crippen MR) is 74.4 cm³/mol. The normalized spacial score (nSPS) is 20.5. The monoisotopic (exact) mass is 251 g/mol. The lowest BCUT2D eigenvalue weighted by Gasteiger charge is -2.32. The van der Waals surface area contributed by atoms with Gasteiger partial charge in [-0.2, -0.15) is 0 Å². The fourth-order valence-corrected chi connectivity index (χ4v) is 3.25. The van der Waals surface area contributed by atoms with Crippen molar-refractivity contribution in [3.8, 4) is 0 Å². The molecular formula is C15H22ClN. The van der Waals surface area contributed by atoms with E-state index >= 15 is 0 Å². The lowest BCUT2D eigenvalue weighted by Crippen LogP contribution is -2.29. The van der Waals surface area contributed by atoms with Crippen molar-refractivity contribution in [2.45, 2.75) is 52.5 Å². The number of aryl methyl sites for hydroxylation is 2. The molecule has 17 heavy (non-hydrogen) atoms. The van der Waals surface area contributed by atoms with Crippen LogP contribution >= 0.6 is 11.6 Å². The minimum absolute atomic E-state index is 0.0665. The summed E-state index contributed by atoms with van der Waals surface area (Å²) in [6, 6.07) is 4.29. The second-order valence-corrected chi connectivity index (χ2v) is 6.20. The Morgan fingerprint density at radius 2 is 1.71 bits per heavy atom. The Morgan fingerprint density at radius 3 is 2.29 bits per heavy atom. The van der Waals surface area contributed by atoms with Gasteiger partial charge in [0, 0.05) is 11.1 Å². The number of halogens is 1. The zero-order valence-corrected chi connectivity index (χ0v) is 11.8. The fraction of sp³-hybridized carbons (Fsp3) is 0.600. The van der Waals surface area contributed by atoms with Crippen LogP contribution in [0.15, 0.2) is 12.1 Å². The highest BCUT2D eigenvalue weighted by atomic mass is 35.5. The number of rotatable bonds is 2. The van der Waals surface area contributed by atoms with Crippen molar-refractivity contribution in [1.82, 2.24) is 0 Å². The highest BCUT2D eigenvalue weighted by molar-refractivity contribution is 6.31. The van der Waals surface area contributed by atoms with Gasteiger partial charge in [-0.25, -0.2) is 0 Å². The highest BCUT2D eigenvalue weighted by Crippen LogP contribution is 2.47. The molecule has 2 N–H and O–H groups in total. The van der Waals surface area contributed by atoms with Gasteiger partial charge in [0.1, 0.15) is 0 Å². The maximum absolute atomic E-state index is 6.47. The van der Waals surface area contributed by atoms with Crippen LogP contribution in [0.3, 0.4) is 0 Å². The van der Waals surface area contributed by atoms with Crippen molar-refractivity contribution in [3.63, 3.8) is 0 Å². The minimum atomic E-state index is 0.0665. The Kier molecular flexibility index (Phi) is 3.51. The lowest BCUT2D eigenvalue weighted by atomic mass is 9.77. The molecule has 1 unspecified atom stereocenters. The summed E-state index contributed by atoms with van der Waals surface area (Å²) in [5.41, 5.74) is 10.3. The van der Waals surface area contributed by atoms with E-state index in [4.69, 9.17) is 17.3 Å². The maximum Gasteiger partial charge on any atom is 0.0456 e. The summed E-state index contributed by atoms with van der Waals surface area (Å²) in [5.74, 6) is 0. The van der Waals surface area contributed by atoms with Crippen LogP contribution in [0.25, 0.3) is 0 Å². The van der Waals surface area contributed by atoms with E-state index in [1.165, 1.54) is 36.8 Å². The van der Waals surface area contributed by atoms with E-state index in [0.29, 0.717) is 0 Å². The number of hydrogen-bond donors (Lipinski definition) is 1. The van der Waals surface area contributed by atoms with Crippen LogP contribution in [0.2, 0.25) is 5.02 Å². The maximum atomic E-state index is 6.47. The summed E-state index contributed by atoms with van der Waals surface area (Å²) in [5, 5.41) is 0.828. The molecule has 1 aliphatic carbocycles. The van der Waals surface area contributed by atoms with Crippen LogP contribution in [-0.2, 0) is 0 Å². The van der Waals surface area contributed by atoms with Gasteiger partial charge in [-0.1, -0.05) is 37.4 Å². The number of hydrogen-bond acceptors (Lipinski definition) is 1. The van der Waals surface area contributed by atoms with Gasteiger partial charge in [-0.15, -0.1) is 0 Å². The summed E-state index contributed by atoms with van der Waals surface area (Å²) in [6.45, 7) is 6.52. The summed E-state index contributed by atoms with van der Waals surface area (Å²) in [7, 11) is 0. The van der Waals surface area contributed by atoms with Crippen LogP contribution < -0.4 is 5.73 Å². The molecule has 0 aromatic heterocycles. The van der Waals surface area contributed by atoms with Gasteiger partial charge in [0.25, 0.3) is 0 Å². The molecule has 2 rings (SSSR count). The molecule has 94 valence electrons. The molecule has 2 heteroatoms. The largest absolute Gasteiger partial charge is 0.323 e. The molecule has 1 aromatic carbocycles. The van der Waals surface area contributed by atoms with Gasteiger partial charge >= 0.3 is 0 Å². The Hall–Kier alpha value is -0.530. The van der Waals surface area contributed by atoms with Crippen LogP contribution in [-0.4, -0.2) is 0 Å². The Balaban J connectivity index is 2.36. The van der Waals surface area contributed by atoms with Crippen molar-refractivity contribution in [1.29, 1.82) is 0 Å². The van der Waals surface area contributed by atoms with Gasteiger partial charge < -0.3 is 5.73 Å². The molecule has 1 aliphatic rings. The van der Waals surface area contributed by atoms with E-state index < -0.39 is 0 Å². The standard InChI is InChI=1S/C15H22ClN/c1-10-8-12(13(16)9-11(10)2)14(17)15(3)6-4-5-7-15/h8-9,14H,4-7,17H2,1-3H3. The van der Waals surface area contributed by atoms with Crippen molar-refractivity contribution < 1.29 is 0 Å². The van der Waals surface area contributed by atoms with Crippen molar-refractivity contribution in [2.24, 2.45) is 11.1 Å². The van der Waals surface area contributed by atoms with E-state index in [-0.39, 0.29) is 11.5 Å². The Bertz CT molecular complexity index is 419. The van der Waals surface area contributed by atoms with Gasteiger partial charge in [-0.05, 0) is 54.9 Å². The molecular weight excluding hydrogens is 230 g/mol. The third-order valence-electron chi connectivity index (χ3n) is 4.44. The van der Waals surface area contributed by atoms with Gasteiger partial charge in [0.05, 0.1) is 0 Å². The van der Waals surface area contributed by atoms with Gasteiger partial charge in [0.2, 0.25) is 0 Å². The van der Waals surface area contributed by atoms with Gasteiger partial charge in [0.15, 0.2) is 0 Å². The first-order valence-corrected chi connectivity index (χ1v) is 6.84. The van der Waals surface area contributed by atoms with Crippen LogP contribution in [0.4, 0.5) is 0 Å². The highest BCUT2D eigenvalue weighted by Gasteiger charge is 2.36. The van der Waals surface area contributed by atoms with E-state index in [9.17, 15) is 0 Å². The average Bonchev–Trinajstić information content (AvgIpc) is 2.71. The summed E-state index contributed by atoms with van der Waals surface area (Å²) < 4.78 is 0. The molecule has 0 bridgehead atoms. The predicted octanol–water partition coefficient (Wildman–Crippen LogP) is 4.54. The molecule has 1 nitrogen and oxygen atoms in total. The molecule has 0 aliphatic heterocycles. The Morgan fingerprint density at radius 1 is 1.18 bits per heavy atom. The zero-order chi connectivity index (χ0) is 12.6. The van der Waals surface area contributed by atoms with Crippen molar-refractivity contribution in [2.75, 3.05) is 0 Å². The first-order valence-electron chi connectivity index (χ1n) is 6.46. The average molecular weight is 252 g/mol. The zero-order valence-electron chi connectivity index (χ0n) is 11.0. The van der Waals surface area contributed by atoms with E-state index in [2.05, 4.69) is 26.8 Å². The van der Waals surface area contributed by atoms with Crippen molar-refractivity contribution >= 4 is 11.6 Å². The number of nitrogens with two attached hydrogens (primary N) is 1. The first-order chi connectivity index (χ1) is 7.94. The van der Waals surface area contributed by atoms with Crippen LogP contribution in [0.1, 0.15) is 55.3 Å². The van der Waals surface area contributed by atoms with Crippen LogP contribution in [0.5, 0.6) is 0 Å². The second kappa shape index (κ2) is 4.62. The topological polar surface area (TPSA) is 26.0 Å². The first kappa shape index (κ1) is 12.9. The molecule has 0 spiro atoms. The Labute approximate surface area is 109 Å².